The molecule has 0 atom stereocenters. The van der Waals surface area contributed by atoms with E-state index >= 15 is 0 Å². The molecule has 1 fully saturated rings. The Labute approximate surface area is 156 Å². The number of fused-ring (bicyclic) bond motifs is 1. The number of piperazine rings is 1. The Morgan fingerprint density at radius 1 is 1.19 bits per heavy atom. The van der Waals surface area contributed by atoms with Crippen LogP contribution < -0.4 is 15.8 Å². The predicted octanol–water partition coefficient (Wildman–Crippen LogP) is 2.19. The number of carbonyl (C=O) groups excluding carboxylic acids is 1. The number of para-hydroxylation sites is 1. The van der Waals surface area contributed by atoms with Gasteiger partial charge in [-0.2, -0.15) is 5.10 Å². The molecule has 1 saturated heterocycles. The van der Waals surface area contributed by atoms with Gasteiger partial charge in [0.05, 0.1) is 17.6 Å². The Hall–Kier alpha value is -3.29. The standard InChI is InChI=1S/C19H21N5O3/c1-13-10-14-4-3-5-16(18(14)27-13)21-19(26)24-8-6-23(7-9-24)15-11-17(25)22(2)20-12-15/h3-5,10-12H,6-9H2,1-2H3,(H,21,26). The lowest BCUT2D eigenvalue weighted by Crippen LogP contribution is -2.50. The first-order valence-corrected chi connectivity index (χ1v) is 8.85. The maximum absolute atomic E-state index is 12.6. The number of hydrogen-bond acceptors (Lipinski definition) is 5. The summed E-state index contributed by atoms with van der Waals surface area (Å²) in [5.74, 6) is 0.808. The molecule has 8 nitrogen and oxygen atoms in total. The number of benzene rings is 1. The first-order valence-electron chi connectivity index (χ1n) is 8.85. The molecule has 1 aromatic carbocycles. The van der Waals surface area contributed by atoms with Crippen LogP contribution in [0.4, 0.5) is 16.2 Å². The molecule has 3 aromatic rings. The van der Waals surface area contributed by atoms with Gasteiger partial charge in [0.2, 0.25) is 0 Å². The van der Waals surface area contributed by atoms with Gasteiger partial charge >= 0.3 is 6.03 Å². The molecule has 0 spiro atoms. The van der Waals surface area contributed by atoms with Crippen molar-refractivity contribution in [3.8, 4) is 0 Å². The van der Waals surface area contributed by atoms with Gasteiger partial charge in [-0.25, -0.2) is 9.48 Å². The Kier molecular flexibility index (Phi) is 4.31. The molecule has 2 amide bonds. The van der Waals surface area contributed by atoms with Crippen molar-refractivity contribution >= 4 is 28.4 Å². The highest BCUT2D eigenvalue weighted by Crippen LogP contribution is 2.27. The van der Waals surface area contributed by atoms with Crippen LogP contribution in [0.15, 0.2) is 45.7 Å². The number of nitrogens with zero attached hydrogens (tertiary/aromatic N) is 4. The Morgan fingerprint density at radius 3 is 2.70 bits per heavy atom. The molecule has 3 heterocycles. The minimum atomic E-state index is -0.154. The molecule has 0 aliphatic carbocycles. The number of urea groups is 1. The van der Waals surface area contributed by atoms with Crippen molar-refractivity contribution in [1.82, 2.24) is 14.7 Å². The monoisotopic (exact) mass is 367 g/mol. The van der Waals surface area contributed by atoms with Crippen molar-refractivity contribution in [1.29, 1.82) is 0 Å². The molecule has 0 bridgehead atoms. The topological polar surface area (TPSA) is 83.6 Å². The summed E-state index contributed by atoms with van der Waals surface area (Å²) in [5, 5.41) is 7.97. The molecule has 0 unspecified atom stereocenters. The quantitative estimate of drug-likeness (QED) is 0.751. The zero-order valence-electron chi connectivity index (χ0n) is 15.3. The fourth-order valence-electron chi connectivity index (χ4n) is 3.29. The van der Waals surface area contributed by atoms with E-state index in [1.54, 1.807) is 24.2 Å². The predicted molar refractivity (Wildman–Crippen MR) is 103 cm³/mol. The SMILES string of the molecule is Cc1cc2cccc(NC(=O)N3CCN(c4cnn(C)c(=O)c4)CC3)c2o1. The largest absolute Gasteiger partial charge is 0.459 e. The molecule has 0 radical (unpaired) electrons. The van der Waals surface area contributed by atoms with E-state index in [2.05, 4.69) is 15.3 Å². The molecule has 140 valence electrons. The molecule has 4 rings (SSSR count). The van der Waals surface area contributed by atoms with Crippen molar-refractivity contribution in [2.45, 2.75) is 6.92 Å². The lowest BCUT2D eigenvalue weighted by molar-refractivity contribution is 0.208. The highest BCUT2D eigenvalue weighted by molar-refractivity contribution is 5.99. The molecule has 27 heavy (non-hydrogen) atoms. The smallest absolute Gasteiger partial charge is 0.322 e. The van der Waals surface area contributed by atoms with Gasteiger partial charge in [-0.15, -0.1) is 0 Å². The maximum Gasteiger partial charge on any atom is 0.322 e. The van der Waals surface area contributed by atoms with Crippen LogP contribution >= 0.6 is 0 Å². The maximum atomic E-state index is 12.6. The molecule has 1 N–H and O–H groups in total. The first-order chi connectivity index (χ1) is 13.0. The second kappa shape index (κ2) is 6.79. The minimum Gasteiger partial charge on any atom is -0.459 e. The number of aryl methyl sites for hydroxylation is 2. The van der Waals surface area contributed by atoms with E-state index in [1.165, 1.54) is 4.68 Å². The van der Waals surface area contributed by atoms with E-state index in [9.17, 15) is 9.59 Å². The summed E-state index contributed by atoms with van der Waals surface area (Å²) in [6.07, 6.45) is 1.68. The molecule has 8 heteroatoms. The summed E-state index contributed by atoms with van der Waals surface area (Å²) in [6.45, 7) is 4.30. The Bertz CT molecular complexity index is 1050. The van der Waals surface area contributed by atoms with Crippen LogP contribution in [0.3, 0.4) is 0 Å². The number of hydrogen-bond donors (Lipinski definition) is 1. The Balaban J connectivity index is 1.42. The summed E-state index contributed by atoms with van der Waals surface area (Å²) < 4.78 is 7.00. The molecular formula is C19H21N5O3. The van der Waals surface area contributed by atoms with E-state index in [4.69, 9.17) is 4.42 Å². The van der Waals surface area contributed by atoms with Gasteiger partial charge in [0.25, 0.3) is 5.56 Å². The van der Waals surface area contributed by atoms with Crippen LogP contribution in [0.2, 0.25) is 0 Å². The highest BCUT2D eigenvalue weighted by Gasteiger charge is 2.22. The number of carbonyl (C=O) groups is 1. The van der Waals surface area contributed by atoms with Gasteiger partial charge in [-0.05, 0) is 19.1 Å². The van der Waals surface area contributed by atoms with Crippen LogP contribution in [-0.2, 0) is 7.05 Å². The number of furan rings is 1. The summed E-state index contributed by atoms with van der Waals surface area (Å²) in [4.78, 5) is 28.2. The lowest BCUT2D eigenvalue weighted by atomic mass is 10.2. The van der Waals surface area contributed by atoms with Crippen LogP contribution in [0.5, 0.6) is 0 Å². The first kappa shape index (κ1) is 17.1. The van der Waals surface area contributed by atoms with Crippen LogP contribution in [0, 0.1) is 6.92 Å². The van der Waals surface area contributed by atoms with Gasteiger partial charge < -0.3 is 19.5 Å². The van der Waals surface area contributed by atoms with E-state index in [-0.39, 0.29) is 11.6 Å². The van der Waals surface area contributed by atoms with E-state index < -0.39 is 0 Å². The summed E-state index contributed by atoms with van der Waals surface area (Å²) in [5.41, 5.74) is 2.00. The van der Waals surface area contributed by atoms with Crippen LogP contribution in [0.25, 0.3) is 11.0 Å². The highest BCUT2D eigenvalue weighted by atomic mass is 16.3. The molecule has 1 aliphatic rings. The third kappa shape index (κ3) is 3.38. The summed E-state index contributed by atoms with van der Waals surface area (Å²) in [7, 11) is 1.62. The van der Waals surface area contributed by atoms with Crippen molar-refractivity contribution in [2.24, 2.45) is 7.05 Å². The van der Waals surface area contributed by atoms with Crippen LogP contribution in [-0.4, -0.2) is 46.9 Å². The van der Waals surface area contributed by atoms with E-state index in [0.717, 1.165) is 16.8 Å². The summed E-state index contributed by atoms with van der Waals surface area (Å²) in [6, 6.07) is 9.06. The summed E-state index contributed by atoms with van der Waals surface area (Å²) >= 11 is 0. The molecule has 0 saturated carbocycles. The fraction of sp³-hybridized carbons (Fsp3) is 0.316. The third-order valence-corrected chi connectivity index (χ3v) is 4.79. The Morgan fingerprint density at radius 2 is 1.96 bits per heavy atom. The van der Waals surface area contributed by atoms with Crippen LogP contribution in [0.1, 0.15) is 5.76 Å². The van der Waals surface area contributed by atoms with Crippen molar-refractivity contribution in [2.75, 3.05) is 36.4 Å². The van der Waals surface area contributed by atoms with Crippen molar-refractivity contribution in [3.63, 3.8) is 0 Å². The average Bonchev–Trinajstić information content (AvgIpc) is 3.05. The van der Waals surface area contributed by atoms with Gasteiger partial charge in [0.15, 0.2) is 5.58 Å². The average molecular weight is 367 g/mol. The second-order valence-corrected chi connectivity index (χ2v) is 6.66. The number of anilines is 2. The van der Waals surface area contributed by atoms with E-state index in [1.807, 2.05) is 31.2 Å². The van der Waals surface area contributed by atoms with E-state index in [0.29, 0.717) is 37.4 Å². The number of rotatable bonds is 2. The zero-order chi connectivity index (χ0) is 19.0. The van der Waals surface area contributed by atoms with Gasteiger partial charge in [-0.1, -0.05) is 12.1 Å². The number of aromatic nitrogens is 2. The second-order valence-electron chi connectivity index (χ2n) is 6.66. The van der Waals surface area contributed by atoms with Gasteiger partial charge in [0, 0.05) is 44.7 Å². The zero-order valence-corrected chi connectivity index (χ0v) is 15.3. The normalized spacial score (nSPS) is 14.6. The molecule has 1 aliphatic heterocycles. The van der Waals surface area contributed by atoms with Gasteiger partial charge in [-0.3, -0.25) is 4.79 Å². The fourth-order valence-corrected chi connectivity index (χ4v) is 3.29. The lowest BCUT2D eigenvalue weighted by Gasteiger charge is -2.35. The van der Waals surface area contributed by atoms with Crippen molar-refractivity contribution < 1.29 is 9.21 Å². The molecular weight excluding hydrogens is 346 g/mol. The number of nitrogens with one attached hydrogen (secondary N) is 1. The number of amides is 2. The third-order valence-electron chi connectivity index (χ3n) is 4.79. The minimum absolute atomic E-state index is 0.144. The van der Waals surface area contributed by atoms with Gasteiger partial charge in [0.1, 0.15) is 5.76 Å². The van der Waals surface area contributed by atoms with Crippen molar-refractivity contribution in [3.05, 3.63) is 52.6 Å². The molecule has 2 aromatic heterocycles.